The molecule has 2 aromatic rings. The van der Waals surface area contributed by atoms with Crippen molar-refractivity contribution in [3.8, 4) is 0 Å². The summed E-state index contributed by atoms with van der Waals surface area (Å²) in [7, 11) is 1.87. The molecule has 0 fully saturated rings. The van der Waals surface area contributed by atoms with Crippen molar-refractivity contribution in [1.29, 1.82) is 0 Å². The number of hydrogen-bond donors (Lipinski definition) is 2. The van der Waals surface area contributed by atoms with Crippen molar-refractivity contribution >= 4 is 33.3 Å². The Balaban J connectivity index is 2.35. The molecular weight excluding hydrogens is 304 g/mol. The lowest BCUT2D eigenvalue weighted by molar-refractivity contribution is 1.05. The van der Waals surface area contributed by atoms with Crippen LogP contribution in [0.5, 0.6) is 0 Å². The molecule has 0 atom stereocenters. The highest BCUT2D eigenvalue weighted by Gasteiger charge is 2.09. The predicted octanol–water partition coefficient (Wildman–Crippen LogP) is 3.90. The van der Waals surface area contributed by atoms with Crippen LogP contribution in [0.4, 0.5) is 17.3 Å². The molecule has 0 bridgehead atoms. The van der Waals surface area contributed by atoms with E-state index >= 15 is 0 Å². The van der Waals surface area contributed by atoms with Crippen molar-refractivity contribution < 1.29 is 0 Å². The van der Waals surface area contributed by atoms with Crippen molar-refractivity contribution in [3.63, 3.8) is 0 Å². The number of nitrogens with one attached hydrogen (secondary N) is 2. The van der Waals surface area contributed by atoms with Crippen LogP contribution in [0.1, 0.15) is 18.1 Å². The first-order chi connectivity index (χ1) is 9.15. The van der Waals surface area contributed by atoms with Crippen LogP contribution in [0.3, 0.4) is 0 Å². The van der Waals surface area contributed by atoms with Gasteiger partial charge in [0.15, 0.2) is 0 Å². The molecule has 0 spiro atoms. The second kappa shape index (κ2) is 6.02. The summed E-state index contributed by atoms with van der Waals surface area (Å²) in [6, 6.07) is 6.14. The summed E-state index contributed by atoms with van der Waals surface area (Å²) in [5.41, 5.74) is 3.30. The summed E-state index contributed by atoms with van der Waals surface area (Å²) in [5, 5.41) is 6.45. The lowest BCUT2D eigenvalue weighted by Gasteiger charge is -2.13. The zero-order valence-corrected chi connectivity index (χ0v) is 12.9. The lowest BCUT2D eigenvalue weighted by atomic mass is 10.2. The molecule has 1 heterocycles. The van der Waals surface area contributed by atoms with Gasteiger partial charge < -0.3 is 10.6 Å². The maximum atomic E-state index is 4.33. The Morgan fingerprint density at radius 3 is 2.58 bits per heavy atom. The average Bonchev–Trinajstić information content (AvgIpc) is 2.42. The Morgan fingerprint density at radius 1 is 1.21 bits per heavy atom. The Kier molecular flexibility index (Phi) is 4.37. The largest absolute Gasteiger partial charge is 0.373 e. The molecule has 0 saturated heterocycles. The fraction of sp³-hybridized carbons (Fsp3) is 0.286. The fourth-order valence-electron chi connectivity index (χ4n) is 1.93. The van der Waals surface area contributed by atoms with Gasteiger partial charge in [0.05, 0.1) is 0 Å². The summed E-state index contributed by atoms with van der Waals surface area (Å²) in [5.74, 6) is 1.72. The van der Waals surface area contributed by atoms with Gasteiger partial charge in [-0.15, -0.1) is 0 Å². The first kappa shape index (κ1) is 13.8. The third-order valence-corrected chi connectivity index (χ3v) is 3.85. The third kappa shape index (κ3) is 3.04. The molecule has 19 heavy (non-hydrogen) atoms. The van der Waals surface area contributed by atoms with Gasteiger partial charge in [-0.05, 0) is 37.1 Å². The van der Waals surface area contributed by atoms with Gasteiger partial charge in [-0.25, -0.2) is 9.97 Å². The van der Waals surface area contributed by atoms with Crippen LogP contribution in [-0.2, 0) is 6.42 Å². The van der Waals surface area contributed by atoms with Crippen LogP contribution in [-0.4, -0.2) is 17.0 Å². The summed E-state index contributed by atoms with van der Waals surface area (Å²) < 4.78 is 1.10. The van der Waals surface area contributed by atoms with Crippen LogP contribution in [0, 0.1) is 6.92 Å². The number of anilines is 3. The standard InChI is InChI=1S/C14H17BrN4/c1-4-11-13(16-3)17-8-18-14(11)19-10-5-6-12(15)9(2)7-10/h5-8H,4H2,1-3H3,(H2,16,17,18,19). The molecule has 0 aliphatic carbocycles. The van der Waals surface area contributed by atoms with Gasteiger partial charge in [0.2, 0.25) is 0 Å². The highest BCUT2D eigenvalue weighted by molar-refractivity contribution is 9.10. The van der Waals surface area contributed by atoms with E-state index in [1.165, 1.54) is 5.56 Å². The SMILES string of the molecule is CCc1c(NC)ncnc1Nc1ccc(Br)c(C)c1. The number of benzene rings is 1. The van der Waals surface area contributed by atoms with Gasteiger partial charge in [-0.2, -0.15) is 0 Å². The van der Waals surface area contributed by atoms with Crippen LogP contribution >= 0.6 is 15.9 Å². The number of aromatic nitrogens is 2. The molecule has 4 nitrogen and oxygen atoms in total. The number of rotatable bonds is 4. The van der Waals surface area contributed by atoms with E-state index in [0.29, 0.717) is 0 Å². The molecule has 0 aliphatic rings. The molecule has 100 valence electrons. The van der Waals surface area contributed by atoms with E-state index in [-0.39, 0.29) is 0 Å². The van der Waals surface area contributed by atoms with Crippen LogP contribution in [0.2, 0.25) is 0 Å². The Hall–Kier alpha value is -1.62. The van der Waals surface area contributed by atoms with E-state index in [4.69, 9.17) is 0 Å². The molecule has 0 amide bonds. The minimum atomic E-state index is 0.851. The van der Waals surface area contributed by atoms with Gasteiger partial charge in [-0.1, -0.05) is 22.9 Å². The summed E-state index contributed by atoms with van der Waals surface area (Å²) in [6.07, 6.45) is 2.44. The van der Waals surface area contributed by atoms with E-state index in [0.717, 1.165) is 33.8 Å². The monoisotopic (exact) mass is 320 g/mol. The third-order valence-electron chi connectivity index (χ3n) is 2.96. The second-order valence-electron chi connectivity index (χ2n) is 4.24. The van der Waals surface area contributed by atoms with Crippen LogP contribution < -0.4 is 10.6 Å². The summed E-state index contributed by atoms with van der Waals surface area (Å²) >= 11 is 3.50. The van der Waals surface area contributed by atoms with E-state index in [9.17, 15) is 0 Å². The number of nitrogens with zero attached hydrogens (tertiary/aromatic N) is 2. The second-order valence-corrected chi connectivity index (χ2v) is 5.10. The van der Waals surface area contributed by atoms with E-state index in [1.807, 2.05) is 19.2 Å². The van der Waals surface area contributed by atoms with Crippen molar-refractivity contribution in [2.75, 3.05) is 17.7 Å². The van der Waals surface area contributed by atoms with E-state index in [2.05, 4.69) is 56.4 Å². The number of halogens is 1. The lowest BCUT2D eigenvalue weighted by Crippen LogP contribution is -2.04. The van der Waals surface area contributed by atoms with Crippen LogP contribution in [0.25, 0.3) is 0 Å². The molecule has 0 radical (unpaired) electrons. The fourth-order valence-corrected chi connectivity index (χ4v) is 2.18. The molecule has 0 aliphatic heterocycles. The molecule has 0 unspecified atom stereocenters. The zero-order chi connectivity index (χ0) is 13.8. The van der Waals surface area contributed by atoms with Gasteiger partial charge in [0.1, 0.15) is 18.0 Å². The topological polar surface area (TPSA) is 49.8 Å². The Morgan fingerprint density at radius 2 is 1.95 bits per heavy atom. The maximum absolute atomic E-state index is 4.33. The molecule has 2 N–H and O–H groups in total. The molecule has 5 heteroatoms. The molecular formula is C14H17BrN4. The average molecular weight is 321 g/mol. The minimum Gasteiger partial charge on any atom is -0.373 e. The minimum absolute atomic E-state index is 0.851. The molecule has 2 rings (SSSR count). The Labute approximate surface area is 121 Å². The molecule has 1 aromatic carbocycles. The van der Waals surface area contributed by atoms with Gasteiger partial charge in [0.25, 0.3) is 0 Å². The normalized spacial score (nSPS) is 10.3. The van der Waals surface area contributed by atoms with E-state index < -0.39 is 0 Å². The highest BCUT2D eigenvalue weighted by Crippen LogP contribution is 2.26. The van der Waals surface area contributed by atoms with Crippen molar-refractivity contribution in [2.45, 2.75) is 20.3 Å². The van der Waals surface area contributed by atoms with Gasteiger partial charge in [0, 0.05) is 22.8 Å². The summed E-state index contributed by atoms with van der Waals surface area (Å²) in [6.45, 7) is 4.16. The van der Waals surface area contributed by atoms with Crippen molar-refractivity contribution in [3.05, 3.63) is 40.1 Å². The number of aryl methyl sites for hydroxylation is 1. The number of hydrogen-bond acceptors (Lipinski definition) is 4. The first-order valence-electron chi connectivity index (χ1n) is 6.20. The zero-order valence-electron chi connectivity index (χ0n) is 11.3. The predicted molar refractivity (Wildman–Crippen MR) is 83.1 cm³/mol. The molecule has 0 saturated carbocycles. The Bertz CT molecular complexity index is 584. The van der Waals surface area contributed by atoms with Gasteiger partial charge in [-0.3, -0.25) is 0 Å². The first-order valence-corrected chi connectivity index (χ1v) is 6.99. The summed E-state index contributed by atoms with van der Waals surface area (Å²) in [4.78, 5) is 8.56. The molecule has 1 aromatic heterocycles. The quantitative estimate of drug-likeness (QED) is 0.897. The van der Waals surface area contributed by atoms with Crippen molar-refractivity contribution in [2.24, 2.45) is 0 Å². The maximum Gasteiger partial charge on any atom is 0.139 e. The van der Waals surface area contributed by atoms with Crippen molar-refractivity contribution in [1.82, 2.24) is 9.97 Å². The van der Waals surface area contributed by atoms with Crippen LogP contribution in [0.15, 0.2) is 29.0 Å². The highest BCUT2D eigenvalue weighted by atomic mass is 79.9. The van der Waals surface area contributed by atoms with Gasteiger partial charge >= 0.3 is 0 Å². The van der Waals surface area contributed by atoms with E-state index in [1.54, 1.807) is 6.33 Å². The smallest absolute Gasteiger partial charge is 0.139 e.